The average Bonchev–Trinajstić information content (AvgIpc) is 2.70. The van der Waals surface area contributed by atoms with Crippen LogP contribution in [0.25, 0.3) is 0 Å². The van der Waals surface area contributed by atoms with Crippen molar-refractivity contribution in [3.63, 3.8) is 0 Å². The lowest BCUT2D eigenvalue weighted by Crippen LogP contribution is -2.18. The van der Waals surface area contributed by atoms with Crippen molar-refractivity contribution in [2.24, 2.45) is 0 Å². The fourth-order valence-electron chi connectivity index (χ4n) is 1.67. The summed E-state index contributed by atoms with van der Waals surface area (Å²) in [5.74, 6) is 0.128. The summed E-state index contributed by atoms with van der Waals surface area (Å²) in [6.07, 6.45) is 1.63. The topological polar surface area (TPSA) is 38.1 Å². The van der Waals surface area contributed by atoms with Gasteiger partial charge in [0.15, 0.2) is 0 Å². The molecule has 0 spiro atoms. The molecule has 0 bridgehead atoms. The monoisotopic (exact) mass is 252 g/mol. The minimum atomic E-state index is -0.578. The van der Waals surface area contributed by atoms with E-state index in [4.69, 9.17) is 4.42 Å². The second-order valence-corrected chi connectivity index (χ2v) is 4.17. The van der Waals surface area contributed by atoms with Gasteiger partial charge in [0.1, 0.15) is 17.4 Å². The Morgan fingerprint density at radius 2 is 1.94 bits per heavy atom. The maximum atomic E-state index is 13.1. The van der Waals surface area contributed by atoms with Gasteiger partial charge in [-0.1, -0.05) is 0 Å². The molecular weight excluding hydrogens is 238 g/mol. The second kappa shape index (κ2) is 5.27. The van der Waals surface area contributed by atoms with Crippen LogP contribution in [0.3, 0.4) is 0 Å². The van der Waals surface area contributed by atoms with Gasteiger partial charge in [-0.3, -0.25) is 0 Å². The van der Waals surface area contributed by atoms with E-state index in [0.29, 0.717) is 18.0 Å². The van der Waals surface area contributed by atoms with Crippen molar-refractivity contribution in [2.45, 2.75) is 26.4 Å². The van der Waals surface area contributed by atoms with E-state index in [0.717, 1.165) is 11.8 Å². The molecule has 1 N–H and O–H groups in total. The Balaban J connectivity index is 2.01. The van der Waals surface area contributed by atoms with Gasteiger partial charge < -0.3 is 9.73 Å². The van der Waals surface area contributed by atoms with E-state index in [-0.39, 0.29) is 6.04 Å². The van der Waals surface area contributed by atoms with Gasteiger partial charge in [-0.2, -0.15) is 0 Å². The van der Waals surface area contributed by atoms with Gasteiger partial charge in [0.25, 0.3) is 0 Å². The van der Waals surface area contributed by atoms with Gasteiger partial charge >= 0.3 is 0 Å². The summed E-state index contributed by atoms with van der Waals surface area (Å²) >= 11 is 0. The summed E-state index contributed by atoms with van der Waals surface area (Å²) in [5, 5.41) is 3.09. The molecule has 0 amide bonds. The number of aromatic nitrogens is 1. The van der Waals surface area contributed by atoms with Crippen molar-refractivity contribution >= 4 is 0 Å². The maximum absolute atomic E-state index is 13.1. The molecule has 0 aliphatic heterocycles. The quantitative estimate of drug-likeness (QED) is 0.908. The molecule has 1 unspecified atom stereocenters. The van der Waals surface area contributed by atoms with E-state index < -0.39 is 11.6 Å². The molecule has 1 aromatic heterocycles. The molecule has 0 saturated heterocycles. The highest BCUT2D eigenvalue weighted by atomic mass is 19.1. The standard InChI is InChI=1S/C13H14F2N2O/c1-8-6-17-13(18-8)7-16-9(2)10-3-11(14)5-12(15)4-10/h3-6,9,16H,7H2,1-2H3. The zero-order valence-corrected chi connectivity index (χ0v) is 10.2. The number of benzene rings is 1. The molecular formula is C13H14F2N2O. The first kappa shape index (κ1) is 12.7. The highest BCUT2D eigenvalue weighted by Crippen LogP contribution is 2.16. The minimum absolute atomic E-state index is 0.192. The molecule has 2 aromatic rings. The highest BCUT2D eigenvalue weighted by Gasteiger charge is 2.09. The van der Waals surface area contributed by atoms with Crippen molar-refractivity contribution in [1.29, 1.82) is 0 Å². The molecule has 0 fully saturated rings. The molecule has 0 saturated carbocycles. The normalized spacial score (nSPS) is 12.7. The summed E-state index contributed by atoms with van der Waals surface area (Å²) in [5.41, 5.74) is 0.552. The highest BCUT2D eigenvalue weighted by molar-refractivity contribution is 5.20. The van der Waals surface area contributed by atoms with Crippen LogP contribution in [0.4, 0.5) is 8.78 Å². The van der Waals surface area contributed by atoms with Crippen LogP contribution >= 0.6 is 0 Å². The Morgan fingerprint density at radius 1 is 1.28 bits per heavy atom. The molecule has 2 rings (SSSR count). The third-order valence-corrected chi connectivity index (χ3v) is 2.61. The van der Waals surface area contributed by atoms with E-state index in [9.17, 15) is 8.78 Å². The fourth-order valence-corrected chi connectivity index (χ4v) is 1.67. The minimum Gasteiger partial charge on any atom is -0.445 e. The van der Waals surface area contributed by atoms with Crippen molar-refractivity contribution in [3.05, 3.63) is 53.2 Å². The number of aryl methyl sites for hydroxylation is 1. The SMILES string of the molecule is Cc1cnc(CNC(C)c2cc(F)cc(F)c2)o1. The lowest BCUT2D eigenvalue weighted by molar-refractivity contribution is 0.431. The summed E-state index contributed by atoms with van der Waals surface area (Å²) in [4.78, 5) is 4.04. The van der Waals surface area contributed by atoms with Crippen LogP contribution in [0.15, 0.2) is 28.8 Å². The molecule has 1 heterocycles. The molecule has 0 radical (unpaired) electrons. The molecule has 18 heavy (non-hydrogen) atoms. The molecule has 0 aliphatic carbocycles. The van der Waals surface area contributed by atoms with Crippen molar-refractivity contribution in [3.8, 4) is 0 Å². The Kier molecular flexibility index (Phi) is 3.72. The van der Waals surface area contributed by atoms with Crippen molar-refractivity contribution in [1.82, 2.24) is 10.3 Å². The molecule has 0 aliphatic rings. The molecule has 3 nitrogen and oxygen atoms in total. The average molecular weight is 252 g/mol. The van der Waals surface area contributed by atoms with E-state index >= 15 is 0 Å². The summed E-state index contributed by atoms with van der Waals surface area (Å²) in [6.45, 7) is 4.04. The molecule has 1 atom stereocenters. The fraction of sp³-hybridized carbons (Fsp3) is 0.308. The van der Waals surface area contributed by atoms with Gasteiger partial charge in [0.05, 0.1) is 12.7 Å². The van der Waals surface area contributed by atoms with Crippen LogP contribution in [-0.2, 0) is 6.54 Å². The van der Waals surface area contributed by atoms with E-state index in [2.05, 4.69) is 10.3 Å². The molecule has 1 aromatic carbocycles. The Hall–Kier alpha value is -1.75. The number of hydrogen-bond acceptors (Lipinski definition) is 3. The van der Waals surface area contributed by atoms with Gasteiger partial charge in [0.2, 0.25) is 5.89 Å². The van der Waals surface area contributed by atoms with Gasteiger partial charge in [-0.15, -0.1) is 0 Å². The van der Waals surface area contributed by atoms with Crippen LogP contribution in [0.5, 0.6) is 0 Å². The first-order chi connectivity index (χ1) is 8.54. The third-order valence-electron chi connectivity index (χ3n) is 2.61. The van der Waals surface area contributed by atoms with E-state index in [1.165, 1.54) is 12.1 Å². The zero-order chi connectivity index (χ0) is 13.1. The van der Waals surface area contributed by atoms with Gasteiger partial charge in [-0.05, 0) is 31.5 Å². The van der Waals surface area contributed by atoms with Crippen LogP contribution in [-0.4, -0.2) is 4.98 Å². The Labute approximate surface area is 104 Å². The number of oxazole rings is 1. The lowest BCUT2D eigenvalue weighted by Gasteiger charge is -2.13. The number of nitrogens with zero attached hydrogens (tertiary/aromatic N) is 1. The Bertz CT molecular complexity index is 519. The first-order valence-electron chi connectivity index (χ1n) is 5.65. The number of nitrogens with one attached hydrogen (secondary N) is 1. The maximum Gasteiger partial charge on any atom is 0.208 e. The summed E-state index contributed by atoms with van der Waals surface area (Å²) in [7, 11) is 0. The Morgan fingerprint density at radius 3 is 2.50 bits per heavy atom. The second-order valence-electron chi connectivity index (χ2n) is 4.17. The third kappa shape index (κ3) is 3.13. The lowest BCUT2D eigenvalue weighted by atomic mass is 10.1. The van der Waals surface area contributed by atoms with Gasteiger partial charge in [0, 0.05) is 12.1 Å². The number of halogens is 2. The largest absolute Gasteiger partial charge is 0.445 e. The molecule has 5 heteroatoms. The smallest absolute Gasteiger partial charge is 0.208 e. The van der Waals surface area contributed by atoms with Crippen molar-refractivity contribution in [2.75, 3.05) is 0 Å². The number of hydrogen-bond donors (Lipinski definition) is 1. The van der Waals surface area contributed by atoms with Crippen molar-refractivity contribution < 1.29 is 13.2 Å². The van der Waals surface area contributed by atoms with Crippen LogP contribution in [0.2, 0.25) is 0 Å². The van der Waals surface area contributed by atoms with Crippen LogP contribution in [0.1, 0.15) is 30.2 Å². The summed E-state index contributed by atoms with van der Waals surface area (Å²) in [6, 6.07) is 3.28. The van der Waals surface area contributed by atoms with Crippen LogP contribution < -0.4 is 5.32 Å². The zero-order valence-electron chi connectivity index (χ0n) is 10.2. The predicted molar refractivity (Wildman–Crippen MR) is 62.9 cm³/mol. The summed E-state index contributed by atoms with van der Waals surface area (Å²) < 4.78 is 31.4. The van der Waals surface area contributed by atoms with Crippen LogP contribution in [0, 0.1) is 18.6 Å². The predicted octanol–water partition coefficient (Wildman–Crippen LogP) is 3.11. The first-order valence-corrected chi connectivity index (χ1v) is 5.65. The van der Waals surface area contributed by atoms with E-state index in [1.807, 2.05) is 13.8 Å². The number of rotatable bonds is 4. The molecule has 96 valence electrons. The van der Waals surface area contributed by atoms with E-state index in [1.54, 1.807) is 6.20 Å². The van der Waals surface area contributed by atoms with Gasteiger partial charge in [-0.25, -0.2) is 13.8 Å².